The molecule has 0 radical (unpaired) electrons. The number of aryl methyl sites for hydroxylation is 1. The van der Waals surface area contributed by atoms with Crippen LogP contribution in [0.2, 0.25) is 10.0 Å². The molecule has 3 aromatic rings. The molecule has 2 heterocycles. The van der Waals surface area contributed by atoms with E-state index < -0.39 is 0 Å². The standard InChI is InChI=1S/C13H9Cl2N3S/c1-18-6-10(15)12(17-18)13-16-11(7-19-13)8-2-4-9(14)5-3-8/h2-7H,1H3. The van der Waals surface area contributed by atoms with Gasteiger partial charge in [-0.2, -0.15) is 5.10 Å². The highest BCUT2D eigenvalue weighted by Crippen LogP contribution is 2.32. The van der Waals surface area contributed by atoms with Crippen molar-refractivity contribution in [1.29, 1.82) is 0 Å². The number of aromatic nitrogens is 3. The first-order valence-electron chi connectivity index (χ1n) is 5.54. The van der Waals surface area contributed by atoms with Crippen LogP contribution in [0.4, 0.5) is 0 Å². The summed E-state index contributed by atoms with van der Waals surface area (Å²) in [7, 11) is 1.84. The van der Waals surface area contributed by atoms with Gasteiger partial charge in [-0.25, -0.2) is 4.98 Å². The van der Waals surface area contributed by atoms with E-state index in [1.807, 2.05) is 36.7 Å². The van der Waals surface area contributed by atoms with Crippen molar-refractivity contribution in [2.24, 2.45) is 7.05 Å². The van der Waals surface area contributed by atoms with Gasteiger partial charge in [-0.05, 0) is 12.1 Å². The van der Waals surface area contributed by atoms with E-state index >= 15 is 0 Å². The van der Waals surface area contributed by atoms with Crippen LogP contribution in [0.3, 0.4) is 0 Å². The van der Waals surface area contributed by atoms with E-state index in [1.165, 1.54) is 11.3 Å². The molecule has 0 atom stereocenters. The van der Waals surface area contributed by atoms with Gasteiger partial charge in [0.1, 0.15) is 10.7 Å². The maximum atomic E-state index is 6.12. The second-order valence-electron chi connectivity index (χ2n) is 4.04. The SMILES string of the molecule is Cn1cc(Cl)c(-c2nc(-c3ccc(Cl)cc3)cs2)n1. The Hall–Kier alpha value is -1.36. The molecule has 19 heavy (non-hydrogen) atoms. The lowest BCUT2D eigenvalue weighted by Gasteiger charge is -1.96. The number of benzene rings is 1. The van der Waals surface area contributed by atoms with Crippen LogP contribution in [0.25, 0.3) is 22.0 Å². The smallest absolute Gasteiger partial charge is 0.145 e. The lowest BCUT2D eigenvalue weighted by molar-refractivity contribution is 0.770. The van der Waals surface area contributed by atoms with Crippen LogP contribution in [0, 0.1) is 0 Å². The number of halogens is 2. The van der Waals surface area contributed by atoms with Gasteiger partial charge in [0.05, 0.1) is 10.7 Å². The van der Waals surface area contributed by atoms with E-state index in [2.05, 4.69) is 10.1 Å². The van der Waals surface area contributed by atoms with Gasteiger partial charge in [0.2, 0.25) is 0 Å². The molecule has 96 valence electrons. The van der Waals surface area contributed by atoms with Gasteiger partial charge >= 0.3 is 0 Å². The summed E-state index contributed by atoms with van der Waals surface area (Å²) in [6, 6.07) is 7.59. The molecular formula is C13H9Cl2N3S. The summed E-state index contributed by atoms with van der Waals surface area (Å²) in [5.74, 6) is 0. The van der Waals surface area contributed by atoms with Crippen molar-refractivity contribution in [2.75, 3.05) is 0 Å². The Morgan fingerprint density at radius 3 is 2.53 bits per heavy atom. The van der Waals surface area contributed by atoms with E-state index in [4.69, 9.17) is 23.2 Å². The van der Waals surface area contributed by atoms with Crippen LogP contribution in [0.1, 0.15) is 0 Å². The summed E-state index contributed by atoms with van der Waals surface area (Å²) in [6.07, 6.45) is 1.76. The summed E-state index contributed by atoms with van der Waals surface area (Å²) in [5.41, 5.74) is 2.65. The van der Waals surface area contributed by atoms with E-state index in [0.717, 1.165) is 22.0 Å². The summed E-state index contributed by atoms with van der Waals surface area (Å²) in [6.45, 7) is 0. The minimum absolute atomic E-state index is 0.611. The van der Waals surface area contributed by atoms with Gasteiger partial charge in [-0.1, -0.05) is 35.3 Å². The van der Waals surface area contributed by atoms with Crippen LogP contribution < -0.4 is 0 Å². The van der Waals surface area contributed by atoms with E-state index in [1.54, 1.807) is 10.9 Å². The minimum Gasteiger partial charge on any atom is -0.274 e. The Bertz CT molecular complexity index is 716. The van der Waals surface area contributed by atoms with Crippen molar-refractivity contribution in [1.82, 2.24) is 14.8 Å². The average Bonchev–Trinajstić information content (AvgIpc) is 2.97. The summed E-state index contributed by atoms with van der Waals surface area (Å²) < 4.78 is 1.68. The normalized spacial score (nSPS) is 10.9. The van der Waals surface area contributed by atoms with Crippen molar-refractivity contribution >= 4 is 34.5 Å². The number of hydrogen-bond acceptors (Lipinski definition) is 3. The van der Waals surface area contributed by atoms with E-state index in [0.29, 0.717) is 10.0 Å². The fraction of sp³-hybridized carbons (Fsp3) is 0.0769. The molecule has 0 aliphatic carbocycles. The molecule has 0 unspecified atom stereocenters. The number of rotatable bonds is 2. The monoisotopic (exact) mass is 309 g/mol. The maximum Gasteiger partial charge on any atom is 0.145 e. The topological polar surface area (TPSA) is 30.7 Å². The molecule has 0 amide bonds. The second-order valence-corrected chi connectivity index (χ2v) is 5.75. The van der Waals surface area contributed by atoms with Gasteiger partial charge in [0.15, 0.2) is 0 Å². The molecule has 0 spiro atoms. The number of thiazole rings is 1. The molecule has 0 N–H and O–H groups in total. The van der Waals surface area contributed by atoms with E-state index in [-0.39, 0.29) is 0 Å². The molecule has 0 bridgehead atoms. The third-order valence-electron chi connectivity index (χ3n) is 2.63. The maximum absolute atomic E-state index is 6.12. The van der Waals surface area contributed by atoms with Crippen molar-refractivity contribution < 1.29 is 0 Å². The Kier molecular flexibility index (Phi) is 3.31. The van der Waals surface area contributed by atoms with Crippen LogP contribution in [0.15, 0.2) is 35.8 Å². The molecule has 0 saturated carbocycles. The lowest BCUT2D eigenvalue weighted by atomic mass is 10.2. The quantitative estimate of drug-likeness (QED) is 0.697. The second kappa shape index (κ2) is 4.96. The predicted octanol–water partition coefficient (Wildman–Crippen LogP) is 4.52. The zero-order chi connectivity index (χ0) is 13.4. The number of nitrogens with zero attached hydrogens (tertiary/aromatic N) is 3. The van der Waals surface area contributed by atoms with Crippen LogP contribution >= 0.6 is 34.5 Å². The molecule has 0 saturated heterocycles. The molecule has 2 aromatic heterocycles. The van der Waals surface area contributed by atoms with E-state index in [9.17, 15) is 0 Å². The van der Waals surface area contributed by atoms with Crippen molar-refractivity contribution in [3.8, 4) is 22.0 Å². The van der Waals surface area contributed by atoms with Gasteiger partial charge in [0.25, 0.3) is 0 Å². The highest BCUT2D eigenvalue weighted by atomic mass is 35.5. The molecule has 3 nitrogen and oxygen atoms in total. The minimum atomic E-state index is 0.611. The van der Waals surface area contributed by atoms with Crippen LogP contribution in [0.5, 0.6) is 0 Å². The highest BCUT2D eigenvalue weighted by Gasteiger charge is 2.13. The third kappa shape index (κ3) is 2.52. The summed E-state index contributed by atoms with van der Waals surface area (Å²) >= 11 is 13.5. The molecule has 0 fully saturated rings. The zero-order valence-corrected chi connectivity index (χ0v) is 12.3. The Balaban J connectivity index is 1.99. The fourth-order valence-electron chi connectivity index (χ4n) is 1.74. The fourth-order valence-corrected chi connectivity index (χ4v) is 3.02. The van der Waals surface area contributed by atoms with Crippen molar-refractivity contribution in [2.45, 2.75) is 0 Å². The molecule has 3 rings (SSSR count). The first kappa shape index (κ1) is 12.7. The van der Waals surface area contributed by atoms with Gasteiger partial charge in [-0.15, -0.1) is 11.3 Å². The largest absolute Gasteiger partial charge is 0.274 e. The van der Waals surface area contributed by atoms with Crippen LogP contribution in [-0.2, 0) is 7.05 Å². The molecule has 0 aliphatic rings. The van der Waals surface area contributed by atoms with Gasteiger partial charge in [0, 0.05) is 29.2 Å². The molecular weight excluding hydrogens is 301 g/mol. The molecule has 0 aliphatic heterocycles. The van der Waals surface area contributed by atoms with Crippen molar-refractivity contribution in [3.05, 3.63) is 45.9 Å². The average molecular weight is 310 g/mol. The van der Waals surface area contributed by atoms with Gasteiger partial charge in [-0.3, -0.25) is 4.68 Å². The molecule has 1 aromatic carbocycles. The predicted molar refractivity (Wildman–Crippen MR) is 79.8 cm³/mol. The number of hydrogen-bond donors (Lipinski definition) is 0. The highest BCUT2D eigenvalue weighted by molar-refractivity contribution is 7.13. The Morgan fingerprint density at radius 2 is 1.89 bits per heavy atom. The first-order chi connectivity index (χ1) is 9.13. The lowest BCUT2D eigenvalue weighted by Crippen LogP contribution is -1.87. The summed E-state index contributed by atoms with van der Waals surface area (Å²) in [5, 5.41) is 8.44. The van der Waals surface area contributed by atoms with Crippen LogP contribution in [-0.4, -0.2) is 14.8 Å². The Labute approximate surface area is 124 Å². The zero-order valence-electron chi connectivity index (χ0n) is 9.97. The first-order valence-corrected chi connectivity index (χ1v) is 7.18. The van der Waals surface area contributed by atoms with Crippen molar-refractivity contribution in [3.63, 3.8) is 0 Å². The molecule has 6 heteroatoms. The van der Waals surface area contributed by atoms with Gasteiger partial charge < -0.3 is 0 Å². The summed E-state index contributed by atoms with van der Waals surface area (Å²) in [4.78, 5) is 4.57. The Morgan fingerprint density at radius 1 is 1.16 bits per heavy atom. The third-order valence-corrected chi connectivity index (χ3v) is 4.01.